The van der Waals surface area contributed by atoms with E-state index in [1.807, 2.05) is 31.2 Å². The maximum absolute atomic E-state index is 13.6. The molecule has 2 amide bonds. The Morgan fingerprint density at radius 3 is 2.36 bits per heavy atom. The molecule has 0 bridgehead atoms. The van der Waals surface area contributed by atoms with E-state index in [1.165, 1.54) is 31.4 Å². The van der Waals surface area contributed by atoms with E-state index in [0.29, 0.717) is 16.5 Å². The number of imide groups is 1. The number of carbonyl (C=O) groups is 2. The molecule has 1 aliphatic rings. The predicted octanol–water partition coefficient (Wildman–Crippen LogP) is 6.44. The number of nitrogens with one attached hydrogen (secondary N) is 1. The highest BCUT2D eigenvalue weighted by Gasteiger charge is 2.41. The van der Waals surface area contributed by atoms with Gasteiger partial charge in [0, 0.05) is 15.6 Å². The number of nitrogens with zero attached hydrogens (tertiary/aromatic N) is 1. The summed E-state index contributed by atoms with van der Waals surface area (Å²) in [6, 6.07) is 16.2. The summed E-state index contributed by atoms with van der Waals surface area (Å²) >= 11 is 13.2. The fourth-order valence-corrected chi connectivity index (χ4v) is 4.49. The summed E-state index contributed by atoms with van der Waals surface area (Å²) in [4.78, 5) is 28.9. The van der Waals surface area contributed by atoms with Crippen molar-refractivity contribution in [2.45, 2.75) is 11.8 Å². The highest BCUT2D eigenvalue weighted by atomic mass is 35.5. The first-order valence-electron chi connectivity index (χ1n) is 9.71. The van der Waals surface area contributed by atoms with Crippen LogP contribution in [-0.2, 0) is 9.59 Å². The van der Waals surface area contributed by atoms with E-state index in [1.54, 1.807) is 12.1 Å². The summed E-state index contributed by atoms with van der Waals surface area (Å²) < 4.78 is 19.0. The van der Waals surface area contributed by atoms with Gasteiger partial charge in [-0.15, -0.1) is 0 Å². The molecule has 168 valence electrons. The van der Waals surface area contributed by atoms with Crippen molar-refractivity contribution in [3.63, 3.8) is 0 Å². The van der Waals surface area contributed by atoms with Gasteiger partial charge in [0.15, 0.2) is 0 Å². The molecule has 9 heteroatoms. The second-order valence-corrected chi connectivity index (χ2v) is 9.06. The van der Waals surface area contributed by atoms with E-state index >= 15 is 0 Å². The van der Waals surface area contributed by atoms with E-state index in [4.69, 9.17) is 27.9 Å². The van der Waals surface area contributed by atoms with Gasteiger partial charge in [0.25, 0.3) is 11.8 Å². The van der Waals surface area contributed by atoms with E-state index < -0.39 is 17.6 Å². The Morgan fingerprint density at radius 1 is 0.970 bits per heavy atom. The summed E-state index contributed by atoms with van der Waals surface area (Å²) in [6.07, 6.45) is 0. The Balaban J connectivity index is 1.79. The first-order chi connectivity index (χ1) is 15.8. The second kappa shape index (κ2) is 9.47. The van der Waals surface area contributed by atoms with Crippen LogP contribution in [0.5, 0.6) is 5.75 Å². The maximum Gasteiger partial charge on any atom is 0.283 e. The molecule has 5 nitrogen and oxygen atoms in total. The Kier molecular flexibility index (Phi) is 6.65. The average molecular weight is 503 g/mol. The standard InChI is InChI=1S/C24H17Cl2FN2O3S/c1-13-3-7-16(8-4-13)33-22-21(28-15-6-9-18(27)17(26)12-15)23(30)29(24(22)31)19-11-14(25)5-10-20(19)32-2/h3-12,28H,1-2H3. The molecule has 4 rings (SSSR count). The van der Waals surface area contributed by atoms with E-state index in [9.17, 15) is 14.0 Å². The first-order valence-corrected chi connectivity index (χ1v) is 11.3. The average Bonchev–Trinajstić information content (AvgIpc) is 3.01. The Hall–Kier alpha value is -3.00. The second-order valence-electron chi connectivity index (χ2n) is 7.14. The molecule has 0 saturated carbocycles. The molecule has 0 saturated heterocycles. The van der Waals surface area contributed by atoms with Crippen LogP contribution in [0.3, 0.4) is 0 Å². The van der Waals surface area contributed by atoms with Crippen LogP contribution < -0.4 is 15.0 Å². The molecule has 3 aromatic carbocycles. The lowest BCUT2D eigenvalue weighted by molar-refractivity contribution is -0.120. The smallest absolute Gasteiger partial charge is 0.283 e. The lowest BCUT2D eigenvalue weighted by Gasteiger charge is -2.18. The van der Waals surface area contributed by atoms with Gasteiger partial charge in [-0.2, -0.15) is 0 Å². The minimum absolute atomic E-state index is 0.0373. The summed E-state index contributed by atoms with van der Waals surface area (Å²) in [5.74, 6) is -1.42. The molecule has 0 radical (unpaired) electrons. The van der Waals surface area contributed by atoms with Gasteiger partial charge in [-0.05, 0) is 55.5 Å². The van der Waals surface area contributed by atoms with Crippen LogP contribution in [0.2, 0.25) is 10.0 Å². The van der Waals surface area contributed by atoms with Crippen LogP contribution >= 0.6 is 35.0 Å². The molecule has 0 aromatic heterocycles. The van der Waals surface area contributed by atoms with Crippen molar-refractivity contribution in [3.05, 3.63) is 92.7 Å². The number of halogens is 3. The third-order valence-corrected chi connectivity index (χ3v) is 6.47. The lowest BCUT2D eigenvalue weighted by Crippen LogP contribution is -2.32. The van der Waals surface area contributed by atoms with Gasteiger partial charge in [0.05, 0.1) is 17.8 Å². The zero-order valence-corrected chi connectivity index (χ0v) is 19.8. The molecule has 33 heavy (non-hydrogen) atoms. The van der Waals surface area contributed by atoms with Crippen LogP contribution in [0.4, 0.5) is 15.8 Å². The van der Waals surface area contributed by atoms with E-state index in [-0.39, 0.29) is 21.3 Å². The molecular formula is C24H17Cl2FN2O3S. The van der Waals surface area contributed by atoms with Gasteiger partial charge >= 0.3 is 0 Å². The summed E-state index contributed by atoms with van der Waals surface area (Å²) in [5, 5.41) is 3.17. The number of methoxy groups -OCH3 is 1. The SMILES string of the molecule is COc1ccc(Cl)cc1N1C(=O)C(Nc2ccc(F)c(Cl)c2)=C(Sc2ccc(C)cc2)C1=O. The topological polar surface area (TPSA) is 58.6 Å². The molecule has 0 unspecified atom stereocenters. The molecule has 0 aliphatic carbocycles. The number of thioether (sulfide) groups is 1. The number of rotatable bonds is 6. The van der Waals surface area contributed by atoms with Crippen molar-refractivity contribution in [1.82, 2.24) is 0 Å². The highest BCUT2D eigenvalue weighted by molar-refractivity contribution is 8.04. The third-order valence-electron chi connectivity index (χ3n) is 4.85. The van der Waals surface area contributed by atoms with Crippen LogP contribution in [-0.4, -0.2) is 18.9 Å². The van der Waals surface area contributed by atoms with E-state index in [2.05, 4.69) is 5.32 Å². The van der Waals surface area contributed by atoms with Crippen LogP contribution in [0.1, 0.15) is 5.56 Å². The van der Waals surface area contributed by atoms with Crippen molar-refractivity contribution in [1.29, 1.82) is 0 Å². The largest absolute Gasteiger partial charge is 0.495 e. The minimum atomic E-state index is -0.601. The van der Waals surface area contributed by atoms with Gasteiger partial charge in [-0.25, -0.2) is 9.29 Å². The molecule has 1 N–H and O–H groups in total. The number of benzene rings is 3. The summed E-state index contributed by atoms with van der Waals surface area (Å²) in [7, 11) is 1.44. The molecule has 0 spiro atoms. The zero-order valence-electron chi connectivity index (χ0n) is 17.5. The van der Waals surface area contributed by atoms with Gasteiger partial charge < -0.3 is 10.1 Å². The molecule has 0 atom stereocenters. The number of carbonyl (C=O) groups excluding carboxylic acids is 2. The number of ether oxygens (including phenoxy) is 1. The van der Waals surface area contributed by atoms with Crippen LogP contribution in [0, 0.1) is 12.7 Å². The van der Waals surface area contributed by atoms with Crippen LogP contribution in [0.25, 0.3) is 0 Å². The van der Waals surface area contributed by atoms with Crippen molar-refractivity contribution < 1.29 is 18.7 Å². The van der Waals surface area contributed by atoms with Crippen molar-refractivity contribution in [2.75, 3.05) is 17.3 Å². The minimum Gasteiger partial charge on any atom is -0.495 e. The molecule has 1 heterocycles. The van der Waals surface area contributed by atoms with Crippen molar-refractivity contribution in [2.24, 2.45) is 0 Å². The molecule has 3 aromatic rings. The summed E-state index contributed by atoms with van der Waals surface area (Å²) in [6.45, 7) is 1.95. The monoisotopic (exact) mass is 502 g/mol. The molecule has 0 fully saturated rings. The Morgan fingerprint density at radius 2 is 1.70 bits per heavy atom. The number of hydrogen-bond acceptors (Lipinski definition) is 5. The van der Waals surface area contributed by atoms with Crippen molar-refractivity contribution >= 4 is 58.2 Å². The summed E-state index contributed by atoms with van der Waals surface area (Å²) in [5.41, 5.74) is 1.68. The fraction of sp³-hybridized carbons (Fsp3) is 0.0833. The lowest BCUT2D eigenvalue weighted by atomic mass is 10.2. The normalized spacial score (nSPS) is 13.7. The zero-order chi connectivity index (χ0) is 23.7. The fourth-order valence-electron chi connectivity index (χ4n) is 3.21. The quantitative estimate of drug-likeness (QED) is 0.393. The number of anilines is 2. The van der Waals surface area contributed by atoms with Gasteiger partial charge in [-0.1, -0.05) is 52.7 Å². The number of hydrogen-bond donors (Lipinski definition) is 1. The molecular weight excluding hydrogens is 486 g/mol. The maximum atomic E-state index is 13.6. The van der Waals surface area contributed by atoms with Crippen LogP contribution in [0.15, 0.2) is 76.2 Å². The number of amides is 2. The molecule has 1 aliphatic heterocycles. The highest BCUT2D eigenvalue weighted by Crippen LogP contribution is 2.41. The Labute approximate surface area is 204 Å². The third kappa shape index (κ3) is 4.71. The Bertz CT molecular complexity index is 1300. The van der Waals surface area contributed by atoms with Gasteiger partial charge in [0.2, 0.25) is 0 Å². The van der Waals surface area contributed by atoms with Gasteiger partial charge in [0.1, 0.15) is 22.2 Å². The van der Waals surface area contributed by atoms with Gasteiger partial charge in [-0.3, -0.25) is 9.59 Å². The predicted molar refractivity (Wildman–Crippen MR) is 130 cm³/mol. The van der Waals surface area contributed by atoms with Crippen molar-refractivity contribution in [3.8, 4) is 5.75 Å². The number of aryl methyl sites for hydroxylation is 1. The van der Waals surface area contributed by atoms with E-state index in [0.717, 1.165) is 27.1 Å². The first kappa shape index (κ1) is 23.2.